The molecule has 104 valence electrons. The summed E-state index contributed by atoms with van der Waals surface area (Å²) in [5.74, 6) is 0.968. The molecule has 3 nitrogen and oxygen atoms in total. The van der Waals surface area contributed by atoms with Gasteiger partial charge in [-0.3, -0.25) is 4.98 Å². The van der Waals surface area contributed by atoms with Crippen molar-refractivity contribution in [1.82, 2.24) is 10.3 Å². The van der Waals surface area contributed by atoms with E-state index >= 15 is 0 Å². The summed E-state index contributed by atoms with van der Waals surface area (Å²) in [7, 11) is 0. The molecule has 1 aliphatic heterocycles. The summed E-state index contributed by atoms with van der Waals surface area (Å²) in [5, 5.41) is 4.52. The number of aryl methyl sites for hydroxylation is 1. The maximum atomic E-state index is 6.35. The van der Waals surface area contributed by atoms with Crippen LogP contribution in [0.25, 0.3) is 0 Å². The zero-order valence-electron chi connectivity index (χ0n) is 11.5. The fourth-order valence-electron chi connectivity index (χ4n) is 2.76. The van der Waals surface area contributed by atoms with Crippen molar-refractivity contribution in [2.75, 3.05) is 24.5 Å². The van der Waals surface area contributed by atoms with E-state index in [0.717, 1.165) is 35.4 Å². The van der Waals surface area contributed by atoms with Gasteiger partial charge < -0.3 is 10.2 Å². The number of rotatable bonds is 4. The molecule has 1 aromatic heterocycles. The van der Waals surface area contributed by atoms with Gasteiger partial charge in [0, 0.05) is 25.3 Å². The van der Waals surface area contributed by atoms with Crippen LogP contribution in [-0.2, 0) is 0 Å². The Labute approximate surface area is 120 Å². The smallest absolute Gasteiger partial charge is 0.0851 e. The van der Waals surface area contributed by atoms with Crippen LogP contribution in [0.1, 0.15) is 31.4 Å². The van der Waals surface area contributed by atoms with Crippen LogP contribution >= 0.6 is 11.6 Å². The van der Waals surface area contributed by atoms with E-state index in [-0.39, 0.29) is 0 Å². The summed E-state index contributed by atoms with van der Waals surface area (Å²) in [4.78, 5) is 6.63. The van der Waals surface area contributed by atoms with Crippen molar-refractivity contribution in [1.29, 1.82) is 0 Å². The number of nitrogens with one attached hydrogen (secondary N) is 1. The summed E-state index contributed by atoms with van der Waals surface area (Å²) in [5.41, 5.74) is 2.07. The van der Waals surface area contributed by atoms with Gasteiger partial charge >= 0.3 is 0 Å². The second-order valence-corrected chi connectivity index (χ2v) is 6.22. The first kappa shape index (κ1) is 13.2. The minimum absolute atomic E-state index is 0.693. The van der Waals surface area contributed by atoms with E-state index in [4.69, 9.17) is 11.6 Å². The number of piperidine rings is 1. The van der Waals surface area contributed by atoms with Gasteiger partial charge in [0.25, 0.3) is 0 Å². The number of anilines is 1. The van der Waals surface area contributed by atoms with Gasteiger partial charge in [0.2, 0.25) is 0 Å². The molecule has 0 atom stereocenters. The number of aromatic nitrogens is 1. The van der Waals surface area contributed by atoms with Crippen LogP contribution in [-0.4, -0.2) is 30.7 Å². The van der Waals surface area contributed by atoms with Crippen LogP contribution < -0.4 is 10.2 Å². The quantitative estimate of drug-likeness (QED) is 0.918. The van der Waals surface area contributed by atoms with E-state index in [1.54, 1.807) is 0 Å². The summed E-state index contributed by atoms with van der Waals surface area (Å²) in [6.07, 6.45) is 7.14. The lowest BCUT2D eigenvalue weighted by Gasteiger charge is -2.34. The molecule has 0 aromatic carbocycles. The van der Waals surface area contributed by atoms with E-state index in [9.17, 15) is 0 Å². The third-order valence-electron chi connectivity index (χ3n) is 4.27. The topological polar surface area (TPSA) is 28.2 Å². The van der Waals surface area contributed by atoms with Crippen molar-refractivity contribution >= 4 is 17.3 Å². The molecule has 1 saturated carbocycles. The van der Waals surface area contributed by atoms with Crippen molar-refractivity contribution in [3.05, 3.63) is 23.0 Å². The van der Waals surface area contributed by atoms with Crippen molar-refractivity contribution < 1.29 is 0 Å². The lowest BCUT2D eigenvalue weighted by molar-refractivity contribution is 0.409. The Kier molecular flexibility index (Phi) is 3.94. The zero-order valence-corrected chi connectivity index (χ0v) is 12.3. The van der Waals surface area contributed by atoms with Crippen LogP contribution in [0.15, 0.2) is 12.3 Å². The Morgan fingerprint density at radius 1 is 1.32 bits per heavy atom. The fraction of sp³-hybridized carbons (Fsp3) is 0.667. The molecule has 0 radical (unpaired) electrons. The minimum atomic E-state index is 0.693. The van der Waals surface area contributed by atoms with Gasteiger partial charge in [0.05, 0.1) is 16.4 Å². The Hall–Kier alpha value is -0.800. The lowest BCUT2D eigenvalue weighted by atomic mass is 10.0. The molecule has 0 spiro atoms. The summed E-state index contributed by atoms with van der Waals surface area (Å²) >= 11 is 6.35. The highest BCUT2D eigenvalue weighted by Gasteiger charge is 2.25. The van der Waals surface area contributed by atoms with Crippen molar-refractivity contribution in [2.24, 2.45) is 5.92 Å². The molecule has 1 aromatic rings. The third kappa shape index (κ3) is 3.21. The van der Waals surface area contributed by atoms with Gasteiger partial charge in [0.15, 0.2) is 0 Å². The van der Waals surface area contributed by atoms with Crippen LogP contribution in [0.2, 0.25) is 5.02 Å². The molecule has 0 bridgehead atoms. The average molecular weight is 280 g/mol. The molecule has 2 heterocycles. The van der Waals surface area contributed by atoms with E-state index in [1.165, 1.54) is 32.2 Å². The van der Waals surface area contributed by atoms with E-state index in [0.29, 0.717) is 6.04 Å². The monoisotopic (exact) mass is 279 g/mol. The largest absolute Gasteiger partial charge is 0.370 e. The summed E-state index contributed by atoms with van der Waals surface area (Å²) < 4.78 is 0. The molecule has 1 saturated heterocycles. The minimum Gasteiger partial charge on any atom is -0.370 e. The molecule has 2 aliphatic rings. The standard InChI is InChI=1S/C15H22ClN3/c1-11-15(16)14(4-7-17-11)19-8-5-13(6-9-19)18-10-12-2-3-12/h4,7,12-13,18H,2-3,5-6,8-10H2,1H3. The van der Waals surface area contributed by atoms with E-state index in [2.05, 4.69) is 15.2 Å². The van der Waals surface area contributed by atoms with Gasteiger partial charge in [-0.25, -0.2) is 0 Å². The molecule has 1 N–H and O–H groups in total. The number of nitrogens with zero attached hydrogens (tertiary/aromatic N) is 2. The van der Waals surface area contributed by atoms with Crippen LogP contribution in [0.4, 0.5) is 5.69 Å². The van der Waals surface area contributed by atoms with Gasteiger partial charge in [-0.1, -0.05) is 11.6 Å². The van der Waals surface area contributed by atoms with Gasteiger partial charge in [-0.15, -0.1) is 0 Å². The highest BCUT2D eigenvalue weighted by Crippen LogP contribution is 2.30. The third-order valence-corrected chi connectivity index (χ3v) is 4.74. The number of halogens is 1. The maximum Gasteiger partial charge on any atom is 0.0851 e. The second kappa shape index (κ2) is 5.68. The number of hydrogen-bond acceptors (Lipinski definition) is 3. The first-order valence-electron chi connectivity index (χ1n) is 7.33. The molecule has 0 amide bonds. The average Bonchev–Trinajstić information content (AvgIpc) is 3.25. The van der Waals surface area contributed by atoms with Gasteiger partial charge in [-0.05, 0) is 51.1 Å². The van der Waals surface area contributed by atoms with Gasteiger partial charge in [-0.2, -0.15) is 0 Å². The highest BCUT2D eigenvalue weighted by molar-refractivity contribution is 6.33. The summed E-state index contributed by atoms with van der Waals surface area (Å²) in [6, 6.07) is 2.73. The Bertz CT molecular complexity index is 437. The van der Waals surface area contributed by atoms with Crippen molar-refractivity contribution in [3.63, 3.8) is 0 Å². The molecular weight excluding hydrogens is 258 g/mol. The molecule has 3 rings (SSSR count). The predicted molar refractivity (Wildman–Crippen MR) is 79.9 cm³/mol. The molecule has 0 unspecified atom stereocenters. The Morgan fingerprint density at radius 3 is 2.74 bits per heavy atom. The van der Waals surface area contributed by atoms with Crippen LogP contribution in [0.5, 0.6) is 0 Å². The zero-order chi connectivity index (χ0) is 13.2. The summed E-state index contributed by atoms with van der Waals surface area (Å²) in [6.45, 7) is 5.37. The molecule has 19 heavy (non-hydrogen) atoms. The molecular formula is C15H22ClN3. The van der Waals surface area contributed by atoms with E-state index < -0.39 is 0 Å². The Morgan fingerprint density at radius 2 is 2.05 bits per heavy atom. The fourth-order valence-corrected chi connectivity index (χ4v) is 2.99. The first-order valence-corrected chi connectivity index (χ1v) is 7.71. The Balaban J connectivity index is 1.55. The SMILES string of the molecule is Cc1nccc(N2CCC(NCC3CC3)CC2)c1Cl. The normalized spacial score (nSPS) is 20.8. The van der Waals surface area contributed by atoms with E-state index in [1.807, 2.05) is 19.2 Å². The maximum absolute atomic E-state index is 6.35. The van der Waals surface area contributed by atoms with Crippen LogP contribution in [0, 0.1) is 12.8 Å². The molecule has 4 heteroatoms. The molecule has 2 fully saturated rings. The van der Waals surface area contributed by atoms with Crippen molar-refractivity contribution in [2.45, 2.75) is 38.6 Å². The second-order valence-electron chi connectivity index (χ2n) is 5.84. The predicted octanol–water partition coefficient (Wildman–Crippen LogP) is 3.01. The lowest BCUT2D eigenvalue weighted by Crippen LogP contribution is -2.43. The number of hydrogen-bond donors (Lipinski definition) is 1. The number of pyridine rings is 1. The molecule has 1 aliphatic carbocycles. The van der Waals surface area contributed by atoms with Gasteiger partial charge in [0.1, 0.15) is 0 Å². The van der Waals surface area contributed by atoms with Crippen molar-refractivity contribution in [3.8, 4) is 0 Å². The highest BCUT2D eigenvalue weighted by atomic mass is 35.5. The first-order chi connectivity index (χ1) is 9.24. The van der Waals surface area contributed by atoms with Crippen LogP contribution in [0.3, 0.4) is 0 Å².